The van der Waals surface area contributed by atoms with Gasteiger partial charge >= 0.3 is 0 Å². The van der Waals surface area contributed by atoms with E-state index in [0.29, 0.717) is 0 Å². The standard InChI is InChI=1S/C15H14O.C8H10/c1-11-3-7-13(8-4-11)15(16)14-9-5-12(2)6-10-14;1-7-3-5-8(2)6-4-7/h3-10H,1-2H3;3-6H,1-2H3. The van der Waals surface area contributed by atoms with E-state index in [1.165, 1.54) is 22.3 Å². The lowest BCUT2D eigenvalue weighted by atomic mass is 10.0. The molecule has 3 rings (SSSR count). The third-order valence-electron chi connectivity index (χ3n) is 3.85. The largest absolute Gasteiger partial charge is 0.289 e. The van der Waals surface area contributed by atoms with Gasteiger partial charge in [0, 0.05) is 11.1 Å². The molecule has 0 radical (unpaired) electrons. The zero-order valence-corrected chi connectivity index (χ0v) is 14.8. The minimum absolute atomic E-state index is 0.0833. The minimum Gasteiger partial charge on any atom is -0.289 e. The van der Waals surface area contributed by atoms with Gasteiger partial charge in [-0.05, 0) is 27.7 Å². The molecule has 0 aliphatic rings. The second kappa shape index (κ2) is 8.26. The normalized spacial score (nSPS) is 9.83. The van der Waals surface area contributed by atoms with Crippen LogP contribution in [0.3, 0.4) is 0 Å². The highest BCUT2D eigenvalue weighted by Crippen LogP contribution is 2.11. The summed E-state index contributed by atoms with van der Waals surface area (Å²) >= 11 is 0. The molecule has 0 fully saturated rings. The van der Waals surface area contributed by atoms with Crippen LogP contribution in [0.1, 0.15) is 38.2 Å². The average molecular weight is 316 g/mol. The fraction of sp³-hybridized carbons (Fsp3) is 0.174. The molecule has 0 unspecified atom stereocenters. The Kier molecular flexibility index (Phi) is 6.08. The van der Waals surface area contributed by atoms with Crippen LogP contribution >= 0.6 is 0 Å². The van der Waals surface area contributed by atoms with E-state index in [1.807, 2.05) is 62.4 Å². The van der Waals surface area contributed by atoms with E-state index in [4.69, 9.17) is 0 Å². The van der Waals surface area contributed by atoms with Crippen LogP contribution in [-0.4, -0.2) is 5.78 Å². The fourth-order valence-corrected chi connectivity index (χ4v) is 2.21. The molecule has 0 heterocycles. The Hall–Kier alpha value is -2.67. The molecule has 3 aromatic rings. The quantitative estimate of drug-likeness (QED) is 0.543. The molecular weight excluding hydrogens is 292 g/mol. The molecule has 0 saturated heterocycles. The number of rotatable bonds is 2. The van der Waals surface area contributed by atoms with Gasteiger partial charge in [0.05, 0.1) is 0 Å². The number of hydrogen-bond acceptors (Lipinski definition) is 1. The van der Waals surface area contributed by atoms with Crippen LogP contribution in [0.2, 0.25) is 0 Å². The van der Waals surface area contributed by atoms with Gasteiger partial charge in [-0.3, -0.25) is 4.79 Å². The second-order valence-corrected chi connectivity index (χ2v) is 6.22. The highest BCUT2D eigenvalue weighted by Gasteiger charge is 2.07. The summed E-state index contributed by atoms with van der Waals surface area (Å²) in [7, 11) is 0. The van der Waals surface area contributed by atoms with Crippen molar-refractivity contribution in [3.63, 3.8) is 0 Å². The number of aryl methyl sites for hydroxylation is 4. The predicted molar refractivity (Wildman–Crippen MR) is 102 cm³/mol. The first-order valence-corrected chi connectivity index (χ1v) is 8.17. The Morgan fingerprint density at radius 1 is 0.458 bits per heavy atom. The van der Waals surface area contributed by atoms with Crippen LogP contribution in [-0.2, 0) is 0 Å². The predicted octanol–water partition coefficient (Wildman–Crippen LogP) is 5.84. The topological polar surface area (TPSA) is 17.1 Å². The lowest BCUT2D eigenvalue weighted by Crippen LogP contribution is -2.00. The Labute approximate surface area is 145 Å². The summed E-state index contributed by atoms with van der Waals surface area (Å²) in [6.07, 6.45) is 0. The van der Waals surface area contributed by atoms with Crippen molar-refractivity contribution in [2.45, 2.75) is 27.7 Å². The van der Waals surface area contributed by atoms with E-state index in [2.05, 4.69) is 38.1 Å². The SMILES string of the molecule is Cc1ccc(C(=O)c2ccc(C)cc2)cc1.Cc1ccc(C)cc1. The molecule has 0 saturated carbocycles. The molecule has 3 aromatic carbocycles. The van der Waals surface area contributed by atoms with Crippen LogP contribution in [0.5, 0.6) is 0 Å². The maximum absolute atomic E-state index is 12.1. The molecule has 24 heavy (non-hydrogen) atoms. The molecule has 0 N–H and O–H groups in total. The van der Waals surface area contributed by atoms with E-state index in [9.17, 15) is 4.79 Å². The van der Waals surface area contributed by atoms with E-state index in [-0.39, 0.29) is 5.78 Å². The number of hydrogen-bond donors (Lipinski definition) is 0. The van der Waals surface area contributed by atoms with Crippen molar-refractivity contribution in [1.29, 1.82) is 0 Å². The molecular formula is C23H24O. The van der Waals surface area contributed by atoms with Gasteiger partial charge in [0.2, 0.25) is 0 Å². The fourth-order valence-electron chi connectivity index (χ4n) is 2.21. The van der Waals surface area contributed by atoms with Gasteiger partial charge in [0.15, 0.2) is 5.78 Å². The summed E-state index contributed by atoms with van der Waals surface area (Å²) in [6, 6.07) is 23.8. The number of carbonyl (C=O) groups is 1. The lowest BCUT2D eigenvalue weighted by Gasteiger charge is -2.02. The summed E-state index contributed by atoms with van der Waals surface area (Å²) in [5, 5.41) is 0. The molecule has 1 nitrogen and oxygen atoms in total. The minimum atomic E-state index is 0.0833. The highest BCUT2D eigenvalue weighted by atomic mass is 16.1. The van der Waals surface area contributed by atoms with Gasteiger partial charge < -0.3 is 0 Å². The van der Waals surface area contributed by atoms with Crippen LogP contribution in [0.4, 0.5) is 0 Å². The Morgan fingerprint density at radius 3 is 0.917 bits per heavy atom. The zero-order valence-electron chi connectivity index (χ0n) is 14.8. The average Bonchev–Trinajstić information content (AvgIpc) is 2.59. The Balaban J connectivity index is 0.000000219. The molecule has 0 amide bonds. The molecule has 0 aliphatic heterocycles. The van der Waals surface area contributed by atoms with E-state index >= 15 is 0 Å². The van der Waals surface area contributed by atoms with Gasteiger partial charge in [0.1, 0.15) is 0 Å². The van der Waals surface area contributed by atoms with E-state index < -0.39 is 0 Å². The highest BCUT2D eigenvalue weighted by molar-refractivity contribution is 6.08. The number of ketones is 1. The monoisotopic (exact) mass is 316 g/mol. The first-order valence-electron chi connectivity index (χ1n) is 8.17. The maximum atomic E-state index is 12.1. The van der Waals surface area contributed by atoms with Gasteiger partial charge in [-0.2, -0.15) is 0 Å². The number of benzene rings is 3. The molecule has 0 aliphatic carbocycles. The molecule has 0 bridgehead atoms. The molecule has 122 valence electrons. The van der Waals surface area contributed by atoms with Crippen molar-refractivity contribution in [3.8, 4) is 0 Å². The van der Waals surface area contributed by atoms with Crippen LogP contribution in [0.15, 0.2) is 72.8 Å². The third kappa shape index (κ3) is 5.20. The van der Waals surface area contributed by atoms with E-state index in [0.717, 1.165) is 11.1 Å². The second-order valence-electron chi connectivity index (χ2n) is 6.22. The summed E-state index contributed by atoms with van der Waals surface area (Å²) < 4.78 is 0. The summed E-state index contributed by atoms with van der Waals surface area (Å²) in [5.74, 6) is 0.0833. The first-order chi connectivity index (χ1) is 11.5. The smallest absolute Gasteiger partial charge is 0.193 e. The van der Waals surface area contributed by atoms with Crippen molar-refractivity contribution in [1.82, 2.24) is 0 Å². The van der Waals surface area contributed by atoms with Crippen molar-refractivity contribution in [2.24, 2.45) is 0 Å². The maximum Gasteiger partial charge on any atom is 0.193 e. The summed E-state index contributed by atoms with van der Waals surface area (Å²) in [6.45, 7) is 8.22. The number of carbonyl (C=O) groups excluding carboxylic acids is 1. The molecule has 0 atom stereocenters. The van der Waals surface area contributed by atoms with Gasteiger partial charge in [-0.25, -0.2) is 0 Å². The molecule has 1 heteroatoms. The zero-order chi connectivity index (χ0) is 17.5. The summed E-state index contributed by atoms with van der Waals surface area (Å²) in [4.78, 5) is 12.1. The molecule has 0 aromatic heterocycles. The third-order valence-corrected chi connectivity index (χ3v) is 3.85. The first kappa shape index (κ1) is 17.7. The lowest BCUT2D eigenvalue weighted by molar-refractivity contribution is 0.103. The van der Waals surface area contributed by atoms with Crippen molar-refractivity contribution >= 4 is 5.78 Å². The summed E-state index contributed by atoms with van der Waals surface area (Å²) in [5.41, 5.74) is 6.48. The van der Waals surface area contributed by atoms with Crippen LogP contribution in [0.25, 0.3) is 0 Å². The van der Waals surface area contributed by atoms with Gasteiger partial charge in [-0.15, -0.1) is 0 Å². The van der Waals surface area contributed by atoms with Crippen LogP contribution in [0, 0.1) is 27.7 Å². The van der Waals surface area contributed by atoms with Crippen molar-refractivity contribution in [3.05, 3.63) is 106 Å². The molecule has 0 spiro atoms. The van der Waals surface area contributed by atoms with Crippen LogP contribution < -0.4 is 0 Å². The van der Waals surface area contributed by atoms with Gasteiger partial charge in [0.25, 0.3) is 0 Å². The van der Waals surface area contributed by atoms with Crippen molar-refractivity contribution in [2.75, 3.05) is 0 Å². The van der Waals surface area contributed by atoms with E-state index in [1.54, 1.807) is 0 Å². The van der Waals surface area contributed by atoms with Crippen molar-refractivity contribution < 1.29 is 4.79 Å². The Morgan fingerprint density at radius 2 is 0.667 bits per heavy atom. The Bertz CT molecular complexity index is 710. The van der Waals surface area contributed by atoms with Gasteiger partial charge in [-0.1, -0.05) is 95.1 Å².